The Hall–Kier alpha value is -3.42. The van der Waals surface area contributed by atoms with Crippen molar-refractivity contribution in [1.29, 1.82) is 0 Å². The number of halogens is 1. The van der Waals surface area contributed by atoms with E-state index >= 15 is 0 Å². The van der Waals surface area contributed by atoms with E-state index in [0.29, 0.717) is 35.4 Å². The monoisotopic (exact) mass is 586 g/mol. The van der Waals surface area contributed by atoms with Gasteiger partial charge in [-0.05, 0) is 62.4 Å². The normalized spacial score (nSPS) is 19.1. The fourth-order valence-electron chi connectivity index (χ4n) is 6.06. The van der Waals surface area contributed by atoms with Crippen LogP contribution in [0.3, 0.4) is 0 Å². The van der Waals surface area contributed by atoms with E-state index in [2.05, 4.69) is 43.9 Å². The van der Waals surface area contributed by atoms with Gasteiger partial charge < -0.3 is 4.90 Å². The first-order valence-corrected chi connectivity index (χ1v) is 15.9. The Bertz CT molecular complexity index is 1850. The zero-order chi connectivity index (χ0) is 29.1. The molecule has 0 saturated carbocycles. The van der Waals surface area contributed by atoms with E-state index in [4.69, 9.17) is 21.6 Å². The molecule has 6 rings (SSSR count). The van der Waals surface area contributed by atoms with Gasteiger partial charge in [-0.2, -0.15) is 0 Å². The minimum Gasteiger partial charge on any atom is -0.366 e. The molecule has 0 fully saturated rings. The molecule has 4 aromatic rings. The van der Waals surface area contributed by atoms with Gasteiger partial charge in [0.25, 0.3) is 0 Å². The van der Waals surface area contributed by atoms with E-state index in [-0.39, 0.29) is 0 Å². The highest BCUT2D eigenvalue weighted by molar-refractivity contribution is 7.91. The maximum Gasteiger partial charge on any atom is 0.248 e. The van der Waals surface area contributed by atoms with Crippen molar-refractivity contribution >= 4 is 38.2 Å². The lowest BCUT2D eigenvalue weighted by molar-refractivity contribution is 0.551. The largest absolute Gasteiger partial charge is 0.366 e. The molecule has 0 bridgehead atoms. The van der Waals surface area contributed by atoms with Gasteiger partial charge in [0.05, 0.1) is 11.2 Å². The molecule has 1 aliphatic heterocycles. The molecule has 1 unspecified atom stereocenters. The molecule has 212 valence electrons. The summed E-state index contributed by atoms with van der Waals surface area (Å²) < 4.78 is 28.1. The van der Waals surface area contributed by atoms with Gasteiger partial charge in [0.2, 0.25) is 10.0 Å². The molecule has 1 aliphatic carbocycles. The average Bonchev–Trinajstić information content (AvgIpc) is 3.38. The maximum atomic E-state index is 13.9. The second-order valence-corrected chi connectivity index (χ2v) is 14.5. The number of fused-ring (bicyclic) bond motifs is 2. The minimum atomic E-state index is -3.73. The van der Waals surface area contributed by atoms with E-state index in [1.165, 1.54) is 20.8 Å². The van der Waals surface area contributed by atoms with E-state index in [1.54, 1.807) is 19.2 Å². The third-order valence-electron chi connectivity index (χ3n) is 8.50. The number of aromatic nitrogens is 3. The Morgan fingerprint density at radius 2 is 1.88 bits per heavy atom. The summed E-state index contributed by atoms with van der Waals surface area (Å²) in [7, 11) is -3.73. The summed E-state index contributed by atoms with van der Waals surface area (Å²) >= 11 is 6.84. The van der Waals surface area contributed by atoms with Crippen LogP contribution in [0.4, 0.5) is 5.69 Å². The van der Waals surface area contributed by atoms with E-state index in [9.17, 15) is 8.42 Å². The second-order valence-electron chi connectivity index (χ2n) is 11.9. The van der Waals surface area contributed by atoms with Crippen LogP contribution in [0.2, 0.25) is 5.15 Å². The van der Waals surface area contributed by atoms with Crippen molar-refractivity contribution in [2.75, 3.05) is 11.4 Å². The van der Waals surface area contributed by atoms with Gasteiger partial charge in [-0.3, -0.25) is 0 Å². The highest BCUT2D eigenvalue weighted by Gasteiger charge is 2.40. The number of allylic oxidation sites excluding steroid dienone is 3. The van der Waals surface area contributed by atoms with E-state index < -0.39 is 14.8 Å². The molecule has 0 spiro atoms. The predicted molar refractivity (Wildman–Crippen MR) is 168 cm³/mol. The molecule has 8 heteroatoms. The number of hydrogen-bond acceptors (Lipinski definition) is 5. The number of rotatable bonds is 5. The summed E-state index contributed by atoms with van der Waals surface area (Å²) in [4.78, 5) is 12.1. The molecule has 2 aliphatic rings. The molecule has 1 atom stereocenters. The Balaban J connectivity index is 1.36. The second kappa shape index (κ2) is 10.1. The summed E-state index contributed by atoms with van der Waals surface area (Å²) in [6, 6.07) is 14.1. The van der Waals surface area contributed by atoms with Gasteiger partial charge in [0.1, 0.15) is 9.90 Å². The number of anilines is 1. The van der Waals surface area contributed by atoms with Crippen molar-refractivity contribution in [3.63, 3.8) is 0 Å². The summed E-state index contributed by atoms with van der Waals surface area (Å²) in [6.45, 7) is 11.8. The first-order chi connectivity index (χ1) is 19.5. The Morgan fingerprint density at radius 3 is 2.63 bits per heavy atom. The molecule has 3 heterocycles. The van der Waals surface area contributed by atoms with Crippen molar-refractivity contribution in [1.82, 2.24) is 13.9 Å². The van der Waals surface area contributed by atoms with Crippen molar-refractivity contribution in [3.8, 4) is 11.4 Å². The molecule has 0 N–H and O–H groups in total. The van der Waals surface area contributed by atoms with Crippen LogP contribution in [0.15, 0.2) is 72.5 Å². The number of benzene rings is 2. The lowest BCUT2D eigenvalue weighted by Gasteiger charge is -2.32. The Morgan fingerprint density at radius 1 is 1.07 bits per heavy atom. The number of nitrogens with zero attached hydrogens (tertiary/aromatic N) is 4. The van der Waals surface area contributed by atoms with Gasteiger partial charge >= 0.3 is 0 Å². The van der Waals surface area contributed by atoms with Gasteiger partial charge in [0, 0.05) is 47.9 Å². The van der Waals surface area contributed by atoms with Crippen molar-refractivity contribution in [3.05, 3.63) is 100.0 Å². The SMILES string of the molecule is CC1=CC=CC(C)(S(=O)(=O)n2ccc3c(-c4nc(Cl)c5c(n4)CCN(c4cc(C(C)C)ccc4C)C5)cccc32)C1. The third kappa shape index (κ3) is 4.69. The number of hydrogen-bond donors (Lipinski definition) is 0. The van der Waals surface area contributed by atoms with Gasteiger partial charge in [-0.25, -0.2) is 22.4 Å². The molecule has 2 aromatic heterocycles. The molecule has 2 aromatic carbocycles. The lowest BCUT2D eigenvalue weighted by atomic mass is 9.96. The van der Waals surface area contributed by atoms with Gasteiger partial charge in [0.15, 0.2) is 5.82 Å². The summed E-state index contributed by atoms with van der Waals surface area (Å²) in [5, 5.41) is 1.22. The topological polar surface area (TPSA) is 68.1 Å². The van der Waals surface area contributed by atoms with Crippen molar-refractivity contribution in [2.24, 2.45) is 0 Å². The van der Waals surface area contributed by atoms with Crippen LogP contribution < -0.4 is 4.90 Å². The maximum absolute atomic E-state index is 13.9. The zero-order valence-corrected chi connectivity index (χ0v) is 25.7. The molecule has 0 radical (unpaired) electrons. The Kier molecular flexibility index (Phi) is 6.86. The fourth-order valence-corrected chi connectivity index (χ4v) is 8.06. The average molecular weight is 587 g/mol. The molecule has 0 amide bonds. The summed E-state index contributed by atoms with van der Waals surface area (Å²) in [5.74, 6) is 0.972. The smallest absolute Gasteiger partial charge is 0.248 e. The van der Waals surface area contributed by atoms with Crippen LogP contribution >= 0.6 is 11.6 Å². The van der Waals surface area contributed by atoms with Crippen LogP contribution in [-0.4, -0.2) is 33.6 Å². The molecular weight excluding hydrogens is 552 g/mol. The Labute approximate surface area is 247 Å². The molecule has 6 nitrogen and oxygen atoms in total. The summed E-state index contributed by atoms with van der Waals surface area (Å²) in [6.07, 6.45) is 8.41. The van der Waals surface area contributed by atoms with Crippen molar-refractivity contribution in [2.45, 2.75) is 64.7 Å². The molecule has 41 heavy (non-hydrogen) atoms. The van der Waals surface area contributed by atoms with Crippen molar-refractivity contribution < 1.29 is 8.42 Å². The fraction of sp³-hybridized carbons (Fsp3) is 0.333. The predicted octanol–water partition coefficient (Wildman–Crippen LogP) is 7.59. The van der Waals surface area contributed by atoms with E-state index in [0.717, 1.165) is 40.7 Å². The highest BCUT2D eigenvalue weighted by atomic mass is 35.5. The van der Waals surface area contributed by atoms with Gasteiger partial charge in [-0.15, -0.1) is 0 Å². The quantitative estimate of drug-likeness (QED) is 0.225. The molecule has 0 saturated heterocycles. The van der Waals surface area contributed by atoms with Crippen LogP contribution in [-0.2, 0) is 23.0 Å². The van der Waals surface area contributed by atoms with Crippen LogP contribution in [0.25, 0.3) is 22.3 Å². The molecular formula is C33H35ClN4O2S. The van der Waals surface area contributed by atoms with E-state index in [1.807, 2.05) is 43.3 Å². The van der Waals surface area contributed by atoms with Gasteiger partial charge in [-0.1, -0.05) is 73.5 Å². The minimum absolute atomic E-state index is 0.443. The lowest BCUT2D eigenvalue weighted by Crippen LogP contribution is -2.38. The van der Waals surface area contributed by atoms with Crippen LogP contribution in [0.5, 0.6) is 0 Å². The number of aryl methyl sites for hydroxylation is 1. The zero-order valence-electron chi connectivity index (χ0n) is 24.1. The third-order valence-corrected chi connectivity index (χ3v) is 11.1. The standard InChI is InChI=1S/C33H35ClN4O2S/c1-21(2)24-12-11-23(4)30(18-24)37-16-14-28-27(20-37)31(34)36-32(35-28)26-9-6-10-29-25(26)13-17-38(29)41(39,40)33(5)15-7-8-22(3)19-33/h6-13,15,17-18,21H,14,16,19-20H2,1-5H3. The summed E-state index contributed by atoms with van der Waals surface area (Å²) in [5.41, 5.74) is 8.08. The van der Waals surface area contributed by atoms with Crippen LogP contribution in [0.1, 0.15) is 62.4 Å². The highest BCUT2D eigenvalue weighted by Crippen LogP contribution is 2.37. The van der Waals surface area contributed by atoms with Crippen LogP contribution in [0, 0.1) is 6.92 Å². The first kappa shape index (κ1) is 27.7. The first-order valence-electron chi connectivity index (χ1n) is 14.1.